The molecule has 21 heavy (non-hydrogen) atoms. The van der Waals surface area contributed by atoms with Gasteiger partial charge in [0.25, 0.3) is 0 Å². The van der Waals surface area contributed by atoms with Crippen molar-refractivity contribution in [2.75, 3.05) is 26.2 Å². The lowest BCUT2D eigenvalue weighted by atomic mass is 9.99. The Bertz CT molecular complexity index is 459. The largest absolute Gasteiger partial charge is 0.416 e. The zero-order valence-corrected chi connectivity index (χ0v) is 12.5. The molecule has 0 spiro atoms. The highest BCUT2D eigenvalue weighted by Gasteiger charge is 2.32. The van der Waals surface area contributed by atoms with Crippen LogP contribution in [0.3, 0.4) is 0 Å². The molecule has 1 heterocycles. The van der Waals surface area contributed by atoms with Gasteiger partial charge in [0.05, 0.1) is 5.56 Å². The Labute approximate surface area is 127 Å². The fourth-order valence-corrected chi connectivity index (χ4v) is 2.67. The zero-order chi connectivity index (χ0) is 14.8. The van der Waals surface area contributed by atoms with E-state index < -0.39 is 17.6 Å². The summed E-state index contributed by atoms with van der Waals surface area (Å²) in [4.78, 5) is 2.10. The van der Waals surface area contributed by atoms with Gasteiger partial charge in [0, 0.05) is 32.2 Å². The summed E-state index contributed by atoms with van der Waals surface area (Å²) < 4.78 is 51.8. The van der Waals surface area contributed by atoms with E-state index in [1.807, 2.05) is 6.92 Å². The van der Waals surface area contributed by atoms with E-state index in [-0.39, 0.29) is 18.4 Å². The first kappa shape index (κ1) is 18.2. The molecule has 0 amide bonds. The number of piperazine rings is 1. The Hall–Kier alpha value is -0.850. The van der Waals surface area contributed by atoms with Crippen molar-refractivity contribution in [3.05, 3.63) is 35.1 Å². The van der Waals surface area contributed by atoms with E-state index in [9.17, 15) is 17.6 Å². The SMILES string of the molecule is CC[C@@H](c1cc(F)cc(C(F)(F)F)c1)N1CCNCC1.Cl. The van der Waals surface area contributed by atoms with Crippen LogP contribution in [0.4, 0.5) is 17.6 Å². The number of alkyl halides is 3. The molecule has 1 aromatic carbocycles. The third kappa shape index (κ3) is 4.56. The number of halogens is 5. The first-order valence-electron chi connectivity index (χ1n) is 6.74. The summed E-state index contributed by atoms with van der Waals surface area (Å²) in [5.41, 5.74) is -0.511. The Morgan fingerprint density at radius 2 is 1.81 bits per heavy atom. The van der Waals surface area contributed by atoms with E-state index in [0.29, 0.717) is 18.1 Å². The van der Waals surface area contributed by atoms with Gasteiger partial charge in [-0.05, 0) is 30.2 Å². The Balaban J connectivity index is 0.00000220. The van der Waals surface area contributed by atoms with Crippen LogP contribution in [-0.2, 0) is 6.18 Å². The normalized spacial score (nSPS) is 18.1. The van der Waals surface area contributed by atoms with Gasteiger partial charge in [0.15, 0.2) is 0 Å². The minimum atomic E-state index is -4.52. The molecule has 0 unspecified atom stereocenters. The molecule has 2 nitrogen and oxygen atoms in total. The van der Waals surface area contributed by atoms with Crippen molar-refractivity contribution in [2.45, 2.75) is 25.6 Å². The average Bonchev–Trinajstić information content (AvgIpc) is 2.39. The van der Waals surface area contributed by atoms with Crippen LogP contribution in [0.25, 0.3) is 0 Å². The van der Waals surface area contributed by atoms with Gasteiger partial charge in [0.1, 0.15) is 5.82 Å². The van der Waals surface area contributed by atoms with E-state index >= 15 is 0 Å². The lowest BCUT2D eigenvalue weighted by molar-refractivity contribution is -0.137. The molecule has 1 fully saturated rings. The van der Waals surface area contributed by atoms with Crippen LogP contribution in [0, 0.1) is 5.82 Å². The Kier molecular flexibility index (Phi) is 6.43. The first-order valence-corrected chi connectivity index (χ1v) is 6.74. The molecule has 1 aliphatic rings. The van der Waals surface area contributed by atoms with E-state index in [4.69, 9.17) is 0 Å². The van der Waals surface area contributed by atoms with Gasteiger partial charge in [0.2, 0.25) is 0 Å². The van der Waals surface area contributed by atoms with E-state index in [2.05, 4.69) is 10.2 Å². The molecule has 0 aromatic heterocycles. The van der Waals surface area contributed by atoms with Gasteiger partial charge in [-0.15, -0.1) is 12.4 Å². The second-order valence-corrected chi connectivity index (χ2v) is 4.98. The van der Waals surface area contributed by atoms with Gasteiger partial charge < -0.3 is 5.32 Å². The summed E-state index contributed by atoms with van der Waals surface area (Å²) >= 11 is 0. The minimum Gasteiger partial charge on any atom is -0.314 e. The van der Waals surface area contributed by atoms with Gasteiger partial charge in [-0.3, -0.25) is 4.90 Å². The Morgan fingerprint density at radius 3 is 2.33 bits per heavy atom. The van der Waals surface area contributed by atoms with Crippen molar-refractivity contribution in [3.8, 4) is 0 Å². The van der Waals surface area contributed by atoms with Gasteiger partial charge >= 0.3 is 6.18 Å². The fourth-order valence-electron chi connectivity index (χ4n) is 2.67. The molecule has 120 valence electrons. The van der Waals surface area contributed by atoms with Gasteiger partial charge in [-0.2, -0.15) is 13.2 Å². The fraction of sp³-hybridized carbons (Fsp3) is 0.571. The van der Waals surface area contributed by atoms with E-state index in [0.717, 1.165) is 32.2 Å². The molecule has 1 atom stereocenters. The van der Waals surface area contributed by atoms with Crippen LogP contribution in [0.2, 0.25) is 0 Å². The smallest absolute Gasteiger partial charge is 0.314 e. The van der Waals surface area contributed by atoms with E-state index in [1.165, 1.54) is 6.07 Å². The molecule has 0 bridgehead atoms. The highest BCUT2D eigenvalue weighted by Crippen LogP contribution is 2.33. The standard InChI is InChI=1S/C14H18F4N2.ClH/c1-2-13(20-5-3-19-4-6-20)10-7-11(14(16,17)18)9-12(15)8-10;/h7-9,13,19H,2-6H2,1H3;1H/t13-;/m0./s1. The maximum atomic E-state index is 13.5. The monoisotopic (exact) mass is 326 g/mol. The molecule has 0 saturated carbocycles. The predicted octanol–water partition coefficient (Wildman–Crippen LogP) is 3.62. The van der Waals surface area contributed by atoms with Crippen molar-refractivity contribution in [2.24, 2.45) is 0 Å². The van der Waals surface area contributed by atoms with Crippen LogP contribution < -0.4 is 5.32 Å². The molecule has 1 saturated heterocycles. The predicted molar refractivity (Wildman–Crippen MR) is 76.1 cm³/mol. The molecular weight excluding hydrogens is 308 g/mol. The number of rotatable bonds is 3. The summed E-state index contributed by atoms with van der Waals surface area (Å²) in [5.74, 6) is -0.830. The zero-order valence-electron chi connectivity index (χ0n) is 11.7. The number of hydrogen-bond donors (Lipinski definition) is 1. The third-order valence-corrected chi connectivity index (χ3v) is 3.61. The Morgan fingerprint density at radius 1 is 1.19 bits per heavy atom. The summed E-state index contributed by atoms with van der Waals surface area (Å²) in [6.45, 7) is 5.04. The van der Waals surface area contributed by atoms with Crippen molar-refractivity contribution >= 4 is 12.4 Å². The molecule has 1 aliphatic heterocycles. The summed E-state index contributed by atoms with van der Waals surface area (Å²) in [6.07, 6.45) is -3.86. The molecular formula is C14H19ClF4N2. The maximum absolute atomic E-state index is 13.5. The molecule has 0 radical (unpaired) electrons. The third-order valence-electron chi connectivity index (χ3n) is 3.61. The van der Waals surface area contributed by atoms with Crippen molar-refractivity contribution < 1.29 is 17.6 Å². The molecule has 1 N–H and O–H groups in total. The van der Waals surface area contributed by atoms with Crippen molar-refractivity contribution in [1.29, 1.82) is 0 Å². The van der Waals surface area contributed by atoms with Crippen molar-refractivity contribution in [1.82, 2.24) is 10.2 Å². The van der Waals surface area contributed by atoms with Crippen LogP contribution >= 0.6 is 12.4 Å². The molecule has 1 aromatic rings. The summed E-state index contributed by atoms with van der Waals surface area (Å²) in [6, 6.07) is 2.66. The highest BCUT2D eigenvalue weighted by molar-refractivity contribution is 5.85. The molecule has 7 heteroatoms. The average molecular weight is 327 g/mol. The highest BCUT2D eigenvalue weighted by atomic mass is 35.5. The van der Waals surface area contributed by atoms with Crippen LogP contribution in [-0.4, -0.2) is 31.1 Å². The van der Waals surface area contributed by atoms with Crippen molar-refractivity contribution in [3.63, 3.8) is 0 Å². The van der Waals surface area contributed by atoms with Crippen LogP contribution in [0.5, 0.6) is 0 Å². The quantitative estimate of drug-likeness (QED) is 0.853. The number of benzene rings is 1. The minimum absolute atomic E-state index is 0. The summed E-state index contributed by atoms with van der Waals surface area (Å²) in [7, 11) is 0. The number of nitrogens with zero attached hydrogens (tertiary/aromatic N) is 1. The number of nitrogens with one attached hydrogen (secondary N) is 1. The van der Waals surface area contributed by atoms with E-state index in [1.54, 1.807) is 0 Å². The topological polar surface area (TPSA) is 15.3 Å². The second-order valence-electron chi connectivity index (χ2n) is 4.98. The van der Waals surface area contributed by atoms with Gasteiger partial charge in [-0.1, -0.05) is 6.92 Å². The second kappa shape index (κ2) is 7.42. The molecule has 2 rings (SSSR count). The van der Waals surface area contributed by atoms with Gasteiger partial charge in [-0.25, -0.2) is 4.39 Å². The lowest BCUT2D eigenvalue weighted by Crippen LogP contribution is -2.45. The maximum Gasteiger partial charge on any atom is 0.416 e. The number of hydrogen-bond acceptors (Lipinski definition) is 2. The molecule has 0 aliphatic carbocycles. The van der Waals surface area contributed by atoms with Crippen LogP contribution in [0.15, 0.2) is 18.2 Å². The first-order chi connectivity index (χ1) is 9.41. The van der Waals surface area contributed by atoms with Crippen LogP contribution in [0.1, 0.15) is 30.5 Å². The summed E-state index contributed by atoms with van der Waals surface area (Å²) in [5, 5.41) is 3.20. The lowest BCUT2D eigenvalue weighted by Gasteiger charge is -2.35.